The number of nitrogens with zero attached hydrogens (tertiary/aromatic N) is 1. The van der Waals surface area contributed by atoms with Crippen molar-refractivity contribution in [1.82, 2.24) is 0 Å². The molecule has 0 radical (unpaired) electrons. The summed E-state index contributed by atoms with van der Waals surface area (Å²) in [6.45, 7) is 3.14. The van der Waals surface area contributed by atoms with E-state index in [1.807, 2.05) is 0 Å². The maximum atomic E-state index is 12.4. The molecule has 0 aromatic heterocycles. The van der Waals surface area contributed by atoms with E-state index >= 15 is 0 Å². The first-order valence-electron chi connectivity index (χ1n) is 8.33. The number of benzene rings is 2. The fourth-order valence-corrected chi connectivity index (χ4v) is 5.05. The Bertz CT molecular complexity index is 1070. The zero-order chi connectivity index (χ0) is 20.7. The molecule has 146 valence electrons. The van der Waals surface area contributed by atoms with Crippen molar-refractivity contribution in [3.05, 3.63) is 59.7 Å². The van der Waals surface area contributed by atoms with Crippen LogP contribution in [0, 0.1) is 5.41 Å². The summed E-state index contributed by atoms with van der Waals surface area (Å²) in [5, 5.41) is 11.6. The standard InChI is InChI=1S/C19H18N2O6S/c1-19(2)11-28(26,27)21(18(19)25)15-8-6-12(7-9-15)16(22)20-14-5-3-4-13(10-14)17(23)24/h3-10H,11H2,1-2H3,(H,20,22)(H,23,24). The van der Waals surface area contributed by atoms with Gasteiger partial charge in [0.2, 0.25) is 15.9 Å². The van der Waals surface area contributed by atoms with Crippen LogP contribution >= 0.6 is 0 Å². The second-order valence-corrected chi connectivity index (χ2v) is 8.91. The summed E-state index contributed by atoms with van der Waals surface area (Å²) in [4.78, 5) is 35.8. The van der Waals surface area contributed by atoms with Gasteiger partial charge in [-0.1, -0.05) is 6.07 Å². The van der Waals surface area contributed by atoms with Crippen molar-refractivity contribution in [3.8, 4) is 0 Å². The molecule has 0 spiro atoms. The maximum Gasteiger partial charge on any atom is 0.335 e. The maximum absolute atomic E-state index is 12.4. The third-order valence-electron chi connectivity index (χ3n) is 4.32. The number of carboxylic acids is 1. The molecule has 0 bridgehead atoms. The second-order valence-electron chi connectivity index (χ2n) is 7.10. The molecule has 0 atom stereocenters. The van der Waals surface area contributed by atoms with Gasteiger partial charge in [0.15, 0.2) is 0 Å². The summed E-state index contributed by atoms with van der Waals surface area (Å²) in [6, 6.07) is 11.4. The molecule has 1 aliphatic rings. The van der Waals surface area contributed by atoms with Gasteiger partial charge in [0.05, 0.1) is 22.4 Å². The summed E-state index contributed by atoms with van der Waals surface area (Å²) in [6.07, 6.45) is 0. The molecule has 1 saturated heterocycles. The predicted molar refractivity (Wildman–Crippen MR) is 103 cm³/mol. The first-order valence-corrected chi connectivity index (χ1v) is 9.94. The molecular formula is C19H18N2O6S. The minimum atomic E-state index is -3.76. The predicted octanol–water partition coefficient (Wildman–Crippen LogP) is 2.34. The van der Waals surface area contributed by atoms with E-state index in [-0.39, 0.29) is 22.6 Å². The molecule has 2 N–H and O–H groups in total. The zero-order valence-corrected chi connectivity index (χ0v) is 16.0. The van der Waals surface area contributed by atoms with E-state index in [0.717, 1.165) is 4.31 Å². The number of amides is 2. The monoisotopic (exact) mass is 402 g/mol. The van der Waals surface area contributed by atoms with Crippen LogP contribution in [0.1, 0.15) is 34.6 Å². The summed E-state index contributed by atoms with van der Waals surface area (Å²) in [5.74, 6) is -2.40. The number of carbonyl (C=O) groups excluding carboxylic acids is 2. The van der Waals surface area contributed by atoms with E-state index in [1.54, 1.807) is 19.9 Å². The Kier molecular flexibility index (Phi) is 4.72. The van der Waals surface area contributed by atoms with Crippen LogP contribution < -0.4 is 9.62 Å². The van der Waals surface area contributed by atoms with Gasteiger partial charge in [-0.15, -0.1) is 0 Å². The number of hydrogen-bond acceptors (Lipinski definition) is 5. The SMILES string of the molecule is CC1(C)CS(=O)(=O)N(c2ccc(C(=O)Nc3cccc(C(=O)O)c3)cc2)C1=O. The Morgan fingerprint density at radius 3 is 2.25 bits per heavy atom. The molecule has 2 amide bonds. The highest BCUT2D eigenvalue weighted by molar-refractivity contribution is 7.94. The number of hydrogen-bond donors (Lipinski definition) is 2. The van der Waals surface area contributed by atoms with Crippen LogP contribution in [0.15, 0.2) is 48.5 Å². The fourth-order valence-electron chi connectivity index (χ4n) is 2.94. The van der Waals surface area contributed by atoms with Crippen molar-refractivity contribution in [1.29, 1.82) is 0 Å². The molecule has 0 aliphatic carbocycles. The summed E-state index contributed by atoms with van der Waals surface area (Å²) < 4.78 is 25.4. The van der Waals surface area contributed by atoms with Crippen molar-refractivity contribution < 1.29 is 27.9 Å². The molecule has 1 heterocycles. The second kappa shape index (κ2) is 6.75. The van der Waals surface area contributed by atoms with Crippen molar-refractivity contribution >= 4 is 39.2 Å². The molecule has 28 heavy (non-hydrogen) atoms. The highest BCUT2D eigenvalue weighted by Gasteiger charge is 2.49. The van der Waals surface area contributed by atoms with Crippen LogP contribution in [0.3, 0.4) is 0 Å². The molecule has 3 rings (SSSR count). The van der Waals surface area contributed by atoms with Crippen molar-refractivity contribution in [2.24, 2.45) is 5.41 Å². The van der Waals surface area contributed by atoms with Crippen LogP contribution in [0.2, 0.25) is 0 Å². The molecule has 2 aromatic carbocycles. The zero-order valence-electron chi connectivity index (χ0n) is 15.2. The van der Waals surface area contributed by atoms with Gasteiger partial charge in [0, 0.05) is 11.3 Å². The van der Waals surface area contributed by atoms with Gasteiger partial charge in [-0.2, -0.15) is 0 Å². The van der Waals surface area contributed by atoms with Gasteiger partial charge in [0.25, 0.3) is 5.91 Å². The molecular weight excluding hydrogens is 384 g/mol. The normalized spacial score (nSPS) is 17.4. The minimum Gasteiger partial charge on any atom is -0.478 e. The van der Waals surface area contributed by atoms with Crippen LogP contribution in [0.4, 0.5) is 11.4 Å². The number of aromatic carboxylic acids is 1. The smallest absolute Gasteiger partial charge is 0.335 e. The van der Waals surface area contributed by atoms with Crippen molar-refractivity contribution in [3.63, 3.8) is 0 Å². The van der Waals surface area contributed by atoms with E-state index in [1.165, 1.54) is 42.5 Å². The summed E-state index contributed by atoms with van der Waals surface area (Å²) in [7, 11) is -3.76. The average molecular weight is 402 g/mol. The lowest BCUT2D eigenvalue weighted by atomic mass is 9.95. The van der Waals surface area contributed by atoms with Gasteiger partial charge in [-0.05, 0) is 56.3 Å². The Balaban J connectivity index is 1.81. The first kappa shape index (κ1) is 19.6. The third kappa shape index (κ3) is 3.61. The van der Waals surface area contributed by atoms with E-state index in [0.29, 0.717) is 5.69 Å². The lowest BCUT2D eigenvalue weighted by Crippen LogP contribution is -2.32. The number of anilines is 2. The van der Waals surface area contributed by atoms with E-state index in [9.17, 15) is 22.8 Å². The molecule has 0 unspecified atom stereocenters. The molecule has 1 aliphatic heterocycles. The Morgan fingerprint density at radius 1 is 1.07 bits per heavy atom. The largest absolute Gasteiger partial charge is 0.478 e. The topological polar surface area (TPSA) is 121 Å². The summed E-state index contributed by atoms with van der Waals surface area (Å²) >= 11 is 0. The third-order valence-corrected chi connectivity index (χ3v) is 6.34. The Labute approximate surface area is 161 Å². The number of carbonyl (C=O) groups is 3. The van der Waals surface area contributed by atoms with E-state index in [2.05, 4.69) is 5.32 Å². The van der Waals surface area contributed by atoms with Crippen molar-refractivity contribution in [2.45, 2.75) is 13.8 Å². The lowest BCUT2D eigenvalue weighted by Gasteiger charge is -2.17. The van der Waals surface area contributed by atoms with Crippen molar-refractivity contribution in [2.75, 3.05) is 15.4 Å². The molecule has 1 fully saturated rings. The van der Waals surface area contributed by atoms with Gasteiger partial charge < -0.3 is 10.4 Å². The van der Waals surface area contributed by atoms with Crippen LogP contribution in [-0.2, 0) is 14.8 Å². The first-order chi connectivity index (χ1) is 13.0. The van der Waals surface area contributed by atoms with Crippen LogP contribution in [0.25, 0.3) is 0 Å². The highest BCUT2D eigenvalue weighted by Crippen LogP contribution is 2.35. The van der Waals surface area contributed by atoms with Gasteiger partial charge in [-0.25, -0.2) is 17.5 Å². The quantitative estimate of drug-likeness (QED) is 0.810. The molecule has 2 aromatic rings. The highest BCUT2D eigenvalue weighted by atomic mass is 32.2. The van der Waals surface area contributed by atoms with Gasteiger partial charge in [-0.3, -0.25) is 9.59 Å². The minimum absolute atomic E-state index is 0.0357. The number of sulfonamides is 1. The number of carboxylic acid groups (broad SMARTS) is 1. The molecule has 8 nitrogen and oxygen atoms in total. The van der Waals surface area contributed by atoms with Gasteiger partial charge >= 0.3 is 5.97 Å². The van der Waals surface area contributed by atoms with Gasteiger partial charge in [0.1, 0.15) is 0 Å². The lowest BCUT2D eigenvalue weighted by molar-refractivity contribution is -0.123. The Morgan fingerprint density at radius 2 is 1.71 bits per heavy atom. The van der Waals surface area contributed by atoms with Crippen LogP contribution in [0.5, 0.6) is 0 Å². The average Bonchev–Trinajstić information content (AvgIpc) is 2.78. The van der Waals surface area contributed by atoms with Crippen LogP contribution in [-0.4, -0.2) is 37.1 Å². The number of nitrogens with one attached hydrogen (secondary N) is 1. The number of rotatable bonds is 4. The fraction of sp³-hybridized carbons (Fsp3) is 0.211. The van der Waals surface area contributed by atoms with E-state index in [4.69, 9.17) is 5.11 Å². The van der Waals surface area contributed by atoms with E-state index < -0.39 is 33.2 Å². The molecule has 9 heteroatoms. The Hall–Kier alpha value is -3.20. The summed E-state index contributed by atoms with van der Waals surface area (Å²) in [5.41, 5.74) is -0.265. The molecule has 0 saturated carbocycles.